The quantitative estimate of drug-likeness (QED) is 0.477. The van der Waals surface area contributed by atoms with E-state index in [1.165, 1.54) is 16.8 Å². The molecule has 5 heteroatoms. The summed E-state index contributed by atoms with van der Waals surface area (Å²) in [7, 11) is -3.60. The third-order valence-electron chi connectivity index (χ3n) is 8.16. The van der Waals surface area contributed by atoms with Crippen LogP contribution in [0.2, 0.25) is 0 Å². The highest BCUT2D eigenvalue weighted by Gasteiger charge is 2.63. The largest absolute Gasteiger partial charge is 0.363 e. The Balaban J connectivity index is 1.46. The van der Waals surface area contributed by atoms with E-state index in [2.05, 4.69) is 60.0 Å². The lowest BCUT2D eigenvalue weighted by Crippen LogP contribution is -2.56. The second-order valence-corrected chi connectivity index (χ2v) is 11.9. The van der Waals surface area contributed by atoms with E-state index in [9.17, 15) is 8.42 Å². The molecule has 2 fully saturated rings. The Morgan fingerprint density at radius 1 is 0.912 bits per heavy atom. The third kappa shape index (κ3) is 3.10. The van der Waals surface area contributed by atoms with Gasteiger partial charge >= 0.3 is 0 Å². The summed E-state index contributed by atoms with van der Waals surface area (Å²) in [5, 5.41) is 0. The van der Waals surface area contributed by atoms with E-state index in [4.69, 9.17) is 0 Å². The van der Waals surface area contributed by atoms with Gasteiger partial charge in [0.15, 0.2) is 0 Å². The van der Waals surface area contributed by atoms with Crippen LogP contribution in [-0.4, -0.2) is 31.4 Å². The lowest BCUT2D eigenvalue weighted by atomic mass is 9.64. The maximum Gasteiger partial charge on any atom is 0.243 e. The number of aryl methyl sites for hydroxylation is 1. The van der Waals surface area contributed by atoms with Crippen LogP contribution in [0.4, 0.5) is 5.69 Å². The van der Waals surface area contributed by atoms with Crippen molar-refractivity contribution in [3.8, 4) is 0 Å². The van der Waals surface area contributed by atoms with Gasteiger partial charge in [0.25, 0.3) is 0 Å². The summed E-state index contributed by atoms with van der Waals surface area (Å²) in [6.45, 7) is 7.72. The van der Waals surface area contributed by atoms with E-state index in [1.807, 2.05) is 25.1 Å². The van der Waals surface area contributed by atoms with Crippen molar-refractivity contribution < 1.29 is 8.42 Å². The number of anilines is 1. The molecule has 6 rings (SSSR count). The van der Waals surface area contributed by atoms with Gasteiger partial charge < -0.3 is 4.90 Å². The highest BCUT2D eigenvalue weighted by Crippen LogP contribution is 2.59. The zero-order chi connectivity index (χ0) is 23.5. The van der Waals surface area contributed by atoms with Gasteiger partial charge in [-0.3, -0.25) is 0 Å². The number of benzene rings is 3. The van der Waals surface area contributed by atoms with Crippen LogP contribution in [0, 0.1) is 6.92 Å². The number of hydrogen-bond donors (Lipinski definition) is 0. The Morgan fingerprint density at radius 2 is 1.59 bits per heavy atom. The van der Waals surface area contributed by atoms with Gasteiger partial charge in [0.1, 0.15) is 0 Å². The number of fused-ring (bicyclic) bond motifs is 1. The van der Waals surface area contributed by atoms with Crippen LogP contribution in [0.5, 0.6) is 0 Å². The molecule has 0 aromatic heterocycles. The molecule has 2 heterocycles. The van der Waals surface area contributed by atoms with Crippen molar-refractivity contribution in [1.82, 2.24) is 4.31 Å². The average molecular weight is 471 g/mol. The van der Waals surface area contributed by atoms with Crippen molar-refractivity contribution in [2.75, 3.05) is 11.4 Å². The Hall–Kier alpha value is -2.89. The molecule has 0 N–H and O–H groups in total. The van der Waals surface area contributed by atoms with Crippen LogP contribution in [-0.2, 0) is 22.0 Å². The van der Waals surface area contributed by atoms with Gasteiger partial charge in [0.05, 0.1) is 4.90 Å². The molecule has 0 amide bonds. The number of nitrogens with zero attached hydrogens (tertiary/aromatic N) is 2. The lowest BCUT2D eigenvalue weighted by molar-refractivity contribution is 0.228. The standard InChI is InChI=1S/C29H30N2O2S/c1-21-12-14-24(15-13-21)34(32,33)31-17-16-29-25-10-6-7-11-26(25)30(20-23-8-4-3-5-9-23)27(29)18-22(2)19-28(29)31/h3-15,27-28H,2,16-20H2,1H3/t27-,28+,29-/m0/s1. The normalized spacial score (nSPS) is 26.3. The first-order valence-corrected chi connectivity index (χ1v) is 13.5. The van der Waals surface area contributed by atoms with Gasteiger partial charge in [0.2, 0.25) is 10.0 Å². The van der Waals surface area contributed by atoms with Gasteiger partial charge in [-0.05, 0) is 55.5 Å². The zero-order valence-electron chi connectivity index (χ0n) is 19.5. The second-order valence-electron chi connectivity index (χ2n) is 10.0. The minimum absolute atomic E-state index is 0.119. The highest BCUT2D eigenvalue weighted by atomic mass is 32.2. The van der Waals surface area contributed by atoms with Gasteiger partial charge in [-0.2, -0.15) is 4.31 Å². The summed E-state index contributed by atoms with van der Waals surface area (Å²) >= 11 is 0. The predicted octanol–water partition coefficient (Wildman–Crippen LogP) is 5.43. The first-order valence-electron chi connectivity index (χ1n) is 12.1. The fourth-order valence-corrected chi connectivity index (χ4v) is 8.32. The number of rotatable bonds is 4. The summed E-state index contributed by atoms with van der Waals surface area (Å²) in [4.78, 5) is 2.90. The average Bonchev–Trinajstić information content (AvgIpc) is 3.35. The third-order valence-corrected chi connectivity index (χ3v) is 10.1. The molecule has 0 unspecified atom stereocenters. The maximum atomic E-state index is 13.9. The van der Waals surface area contributed by atoms with E-state index in [1.54, 1.807) is 16.4 Å². The summed E-state index contributed by atoms with van der Waals surface area (Å²) in [5.74, 6) is 0. The predicted molar refractivity (Wildman–Crippen MR) is 136 cm³/mol. The molecule has 4 nitrogen and oxygen atoms in total. The highest BCUT2D eigenvalue weighted by molar-refractivity contribution is 7.89. The molecule has 3 aromatic carbocycles. The molecule has 3 aliphatic rings. The molecule has 0 bridgehead atoms. The number of hydrogen-bond acceptors (Lipinski definition) is 3. The van der Waals surface area contributed by atoms with E-state index >= 15 is 0 Å². The summed E-state index contributed by atoms with van der Waals surface area (Å²) < 4.78 is 29.5. The van der Waals surface area contributed by atoms with Crippen LogP contribution in [0.25, 0.3) is 0 Å². The van der Waals surface area contributed by atoms with Crippen LogP contribution in [0.15, 0.2) is 95.9 Å². The molecule has 3 aromatic rings. The maximum absolute atomic E-state index is 13.9. The Labute approximate surface area is 202 Å². The van der Waals surface area contributed by atoms with Gasteiger partial charge in [0, 0.05) is 36.3 Å². The van der Waals surface area contributed by atoms with Crippen molar-refractivity contribution in [2.45, 2.75) is 55.1 Å². The van der Waals surface area contributed by atoms with Crippen molar-refractivity contribution in [1.29, 1.82) is 0 Å². The van der Waals surface area contributed by atoms with Crippen molar-refractivity contribution in [2.24, 2.45) is 0 Å². The summed E-state index contributed by atoms with van der Waals surface area (Å²) in [5.41, 5.74) is 5.79. The molecule has 174 valence electrons. The molecule has 2 aliphatic heterocycles. The summed E-state index contributed by atoms with van der Waals surface area (Å²) in [6, 6.07) is 26.6. The Kier molecular flexibility index (Phi) is 4.98. The van der Waals surface area contributed by atoms with Crippen LogP contribution < -0.4 is 4.90 Å². The van der Waals surface area contributed by atoms with Crippen LogP contribution in [0.1, 0.15) is 36.0 Å². The molecule has 34 heavy (non-hydrogen) atoms. The molecule has 1 saturated carbocycles. The minimum atomic E-state index is -3.60. The van der Waals surface area contributed by atoms with E-state index < -0.39 is 10.0 Å². The van der Waals surface area contributed by atoms with E-state index in [0.29, 0.717) is 11.4 Å². The number of para-hydroxylation sites is 1. The Morgan fingerprint density at radius 3 is 2.35 bits per heavy atom. The molecule has 3 atom stereocenters. The molecule has 0 radical (unpaired) electrons. The zero-order valence-corrected chi connectivity index (χ0v) is 20.3. The van der Waals surface area contributed by atoms with Gasteiger partial charge in [-0.1, -0.05) is 78.4 Å². The topological polar surface area (TPSA) is 40.6 Å². The molecular weight excluding hydrogens is 440 g/mol. The fourth-order valence-electron chi connectivity index (χ4n) is 6.64. The van der Waals surface area contributed by atoms with E-state index in [0.717, 1.165) is 36.9 Å². The van der Waals surface area contributed by atoms with Gasteiger partial charge in [-0.15, -0.1) is 0 Å². The molecule has 1 saturated heterocycles. The molecular formula is C29H30N2O2S. The Bertz CT molecular complexity index is 1350. The fraction of sp³-hybridized carbons (Fsp3) is 0.310. The van der Waals surface area contributed by atoms with Gasteiger partial charge in [-0.25, -0.2) is 8.42 Å². The van der Waals surface area contributed by atoms with Crippen molar-refractivity contribution in [3.05, 3.63) is 108 Å². The number of sulfonamides is 1. The van der Waals surface area contributed by atoms with Crippen molar-refractivity contribution >= 4 is 15.7 Å². The van der Waals surface area contributed by atoms with Crippen LogP contribution in [0.3, 0.4) is 0 Å². The first kappa shape index (κ1) is 21.6. The van der Waals surface area contributed by atoms with E-state index in [-0.39, 0.29) is 17.5 Å². The molecule has 1 spiro atoms. The minimum Gasteiger partial charge on any atom is -0.363 e. The smallest absolute Gasteiger partial charge is 0.243 e. The monoisotopic (exact) mass is 470 g/mol. The lowest BCUT2D eigenvalue weighted by Gasteiger charge is -2.46. The van der Waals surface area contributed by atoms with Crippen LogP contribution >= 0.6 is 0 Å². The molecule has 1 aliphatic carbocycles. The second kappa shape index (κ2) is 7.82. The SMILES string of the molecule is C=C1C[C@@H]2N(Cc3ccccc3)c3ccccc3[C@@]23CCN(S(=O)(=O)c2ccc(C)cc2)[C@@H]3C1. The summed E-state index contributed by atoms with van der Waals surface area (Å²) in [6.07, 6.45) is 2.45. The van der Waals surface area contributed by atoms with Crippen molar-refractivity contribution in [3.63, 3.8) is 0 Å². The first-order chi connectivity index (χ1) is 16.4.